The molecular weight excluding hydrogens is 240 g/mol. The summed E-state index contributed by atoms with van der Waals surface area (Å²) in [6.07, 6.45) is 2.35. The molecule has 1 amide bonds. The topological polar surface area (TPSA) is 64.3 Å². The van der Waals surface area contributed by atoms with Crippen LogP contribution in [0.2, 0.25) is 0 Å². The highest BCUT2D eigenvalue weighted by atomic mass is 16.5. The van der Waals surface area contributed by atoms with Crippen LogP contribution in [0.15, 0.2) is 12.1 Å². The van der Waals surface area contributed by atoms with Crippen molar-refractivity contribution in [1.29, 1.82) is 0 Å². The number of rotatable bonds is 5. The third-order valence-corrected chi connectivity index (χ3v) is 3.62. The van der Waals surface area contributed by atoms with Crippen LogP contribution in [0.1, 0.15) is 29.5 Å². The van der Waals surface area contributed by atoms with Gasteiger partial charge in [0, 0.05) is 6.54 Å². The largest absolute Gasteiger partial charge is 0.496 e. The minimum Gasteiger partial charge on any atom is -0.496 e. The van der Waals surface area contributed by atoms with Crippen LogP contribution in [0.25, 0.3) is 0 Å². The van der Waals surface area contributed by atoms with E-state index >= 15 is 0 Å². The second-order valence-corrected chi connectivity index (χ2v) is 5.44. The van der Waals surface area contributed by atoms with E-state index in [1.54, 1.807) is 7.11 Å². The van der Waals surface area contributed by atoms with Crippen LogP contribution in [-0.4, -0.2) is 25.1 Å². The molecule has 104 valence electrons. The zero-order chi connectivity index (χ0) is 14.0. The van der Waals surface area contributed by atoms with Gasteiger partial charge in [0.2, 0.25) is 5.91 Å². The van der Waals surface area contributed by atoms with Crippen molar-refractivity contribution in [3.05, 3.63) is 28.8 Å². The van der Waals surface area contributed by atoms with E-state index in [9.17, 15) is 4.79 Å². The van der Waals surface area contributed by atoms with Crippen LogP contribution in [-0.2, 0) is 11.2 Å². The molecule has 0 atom stereocenters. The molecule has 4 heteroatoms. The Morgan fingerprint density at radius 1 is 1.42 bits per heavy atom. The monoisotopic (exact) mass is 262 g/mol. The molecule has 19 heavy (non-hydrogen) atoms. The number of nitrogens with one attached hydrogen (secondary N) is 1. The maximum atomic E-state index is 11.7. The summed E-state index contributed by atoms with van der Waals surface area (Å²) in [7, 11) is 1.68. The van der Waals surface area contributed by atoms with Crippen molar-refractivity contribution in [2.24, 2.45) is 5.73 Å². The number of benzene rings is 1. The number of hydrogen-bond acceptors (Lipinski definition) is 3. The zero-order valence-corrected chi connectivity index (χ0v) is 11.9. The summed E-state index contributed by atoms with van der Waals surface area (Å²) in [4.78, 5) is 11.7. The molecule has 0 unspecified atom stereocenters. The maximum absolute atomic E-state index is 11.7. The molecule has 1 aromatic rings. The number of carbonyl (C=O) groups excluding carboxylic acids is 1. The lowest BCUT2D eigenvalue weighted by Gasteiger charge is -2.14. The van der Waals surface area contributed by atoms with Gasteiger partial charge < -0.3 is 15.8 Å². The van der Waals surface area contributed by atoms with Gasteiger partial charge in [0.25, 0.3) is 0 Å². The third-order valence-electron chi connectivity index (χ3n) is 3.62. The first-order valence-electron chi connectivity index (χ1n) is 6.67. The fraction of sp³-hybridized carbons (Fsp3) is 0.533. The van der Waals surface area contributed by atoms with Crippen molar-refractivity contribution < 1.29 is 9.53 Å². The lowest BCUT2D eigenvalue weighted by atomic mass is 10.0. The highest BCUT2D eigenvalue weighted by Crippen LogP contribution is 2.32. The van der Waals surface area contributed by atoms with Gasteiger partial charge in [-0.2, -0.15) is 0 Å². The van der Waals surface area contributed by atoms with Gasteiger partial charge in [-0.25, -0.2) is 0 Å². The number of carbonyl (C=O) groups is 1. The maximum Gasteiger partial charge on any atom is 0.240 e. The van der Waals surface area contributed by atoms with Crippen LogP contribution >= 0.6 is 0 Å². The Kier molecular flexibility index (Phi) is 3.80. The van der Waals surface area contributed by atoms with E-state index in [2.05, 4.69) is 24.4 Å². The van der Waals surface area contributed by atoms with Crippen molar-refractivity contribution in [3.8, 4) is 5.75 Å². The molecule has 0 heterocycles. The van der Waals surface area contributed by atoms with Crippen molar-refractivity contribution in [2.75, 3.05) is 13.7 Å². The third kappa shape index (κ3) is 3.07. The summed E-state index contributed by atoms with van der Waals surface area (Å²) in [5.41, 5.74) is 8.71. The summed E-state index contributed by atoms with van der Waals surface area (Å²) in [6.45, 7) is 4.69. The molecular formula is C15H22N2O2. The van der Waals surface area contributed by atoms with Gasteiger partial charge in [-0.3, -0.25) is 4.79 Å². The Morgan fingerprint density at radius 3 is 2.68 bits per heavy atom. The lowest BCUT2D eigenvalue weighted by Crippen LogP contribution is -2.43. The SMILES string of the molecule is COc1c(C)cc(C)cc1CCNC(=O)C1(N)CC1. The summed E-state index contributed by atoms with van der Waals surface area (Å²) in [5, 5.41) is 2.90. The van der Waals surface area contributed by atoms with E-state index in [-0.39, 0.29) is 5.91 Å². The standard InChI is InChI=1S/C15H22N2O2/c1-10-8-11(2)13(19-3)12(9-10)4-7-17-14(18)15(16)5-6-15/h8-9H,4-7,16H2,1-3H3,(H,17,18). The molecule has 4 nitrogen and oxygen atoms in total. The minimum absolute atomic E-state index is 0.0316. The first-order chi connectivity index (χ1) is 8.96. The highest BCUT2D eigenvalue weighted by Gasteiger charge is 2.45. The van der Waals surface area contributed by atoms with E-state index < -0.39 is 5.54 Å². The number of nitrogens with two attached hydrogens (primary N) is 1. The fourth-order valence-corrected chi connectivity index (χ4v) is 2.37. The first-order valence-corrected chi connectivity index (χ1v) is 6.67. The van der Waals surface area contributed by atoms with Gasteiger partial charge in [-0.1, -0.05) is 17.7 Å². The van der Waals surface area contributed by atoms with Gasteiger partial charge in [0.15, 0.2) is 0 Å². The van der Waals surface area contributed by atoms with Crippen LogP contribution in [0.5, 0.6) is 5.75 Å². The Bertz CT molecular complexity index is 493. The Hall–Kier alpha value is -1.55. The molecule has 3 N–H and O–H groups in total. The normalized spacial score (nSPS) is 16.0. The summed E-state index contributed by atoms with van der Waals surface area (Å²) in [5.74, 6) is 0.879. The highest BCUT2D eigenvalue weighted by molar-refractivity contribution is 5.88. The Morgan fingerprint density at radius 2 is 2.11 bits per heavy atom. The van der Waals surface area contributed by atoms with Gasteiger partial charge >= 0.3 is 0 Å². The predicted octanol–water partition coefficient (Wildman–Crippen LogP) is 1.46. The van der Waals surface area contributed by atoms with E-state index in [0.29, 0.717) is 6.54 Å². The van der Waals surface area contributed by atoms with Crippen molar-refractivity contribution in [3.63, 3.8) is 0 Å². The average Bonchev–Trinajstić information content (AvgIpc) is 3.08. The molecule has 1 aliphatic carbocycles. The van der Waals surface area contributed by atoms with E-state index in [0.717, 1.165) is 36.1 Å². The summed E-state index contributed by atoms with van der Waals surface area (Å²) >= 11 is 0. The van der Waals surface area contributed by atoms with Crippen molar-refractivity contribution in [2.45, 2.75) is 38.6 Å². The Labute approximate surface area is 114 Å². The molecule has 1 saturated carbocycles. The summed E-state index contributed by atoms with van der Waals surface area (Å²) < 4.78 is 5.43. The number of hydrogen-bond donors (Lipinski definition) is 2. The lowest BCUT2D eigenvalue weighted by molar-refractivity contribution is -0.123. The van der Waals surface area contributed by atoms with Crippen molar-refractivity contribution in [1.82, 2.24) is 5.32 Å². The predicted molar refractivity (Wildman–Crippen MR) is 75.3 cm³/mol. The second kappa shape index (κ2) is 5.21. The van der Waals surface area contributed by atoms with Crippen molar-refractivity contribution >= 4 is 5.91 Å². The molecule has 1 aliphatic rings. The first kappa shape index (κ1) is 13.9. The van der Waals surface area contributed by atoms with Crippen LogP contribution < -0.4 is 15.8 Å². The molecule has 0 radical (unpaired) electrons. The number of amides is 1. The zero-order valence-electron chi connectivity index (χ0n) is 11.9. The molecule has 0 bridgehead atoms. The smallest absolute Gasteiger partial charge is 0.240 e. The summed E-state index contributed by atoms with van der Waals surface area (Å²) in [6, 6.07) is 4.20. The fourth-order valence-electron chi connectivity index (χ4n) is 2.37. The van der Waals surface area contributed by atoms with Crippen LogP contribution in [0, 0.1) is 13.8 Å². The molecule has 0 aliphatic heterocycles. The minimum atomic E-state index is -0.591. The average molecular weight is 262 g/mol. The molecule has 0 aromatic heterocycles. The van der Waals surface area contributed by atoms with Crippen LogP contribution in [0.4, 0.5) is 0 Å². The number of aryl methyl sites for hydroxylation is 2. The Balaban J connectivity index is 1.97. The molecule has 2 rings (SSSR count). The number of ether oxygens (including phenoxy) is 1. The van der Waals surface area contributed by atoms with E-state index in [4.69, 9.17) is 10.5 Å². The van der Waals surface area contributed by atoms with Gasteiger partial charge in [0.05, 0.1) is 12.6 Å². The second-order valence-electron chi connectivity index (χ2n) is 5.44. The molecule has 1 aromatic carbocycles. The van der Waals surface area contributed by atoms with Gasteiger partial charge in [0.1, 0.15) is 5.75 Å². The van der Waals surface area contributed by atoms with Gasteiger partial charge in [-0.05, 0) is 44.2 Å². The van der Waals surface area contributed by atoms with E-state index in [1.807, 2.05) is 6.92 Å². The molecule has 1 fully saturated rings. The molecule has 0 saturated heterocycles. The van der Waals surface area contributed by atoms with Gasteiger partial charge in [-0.15, -0.1) is 0 Å². The molecule has 0 spiro atoms. The number of methoxy groups -OCH3 is 1. The van der Waals surface area contributed by atoms with Crippen LogP contribution in [0.3, 0.4) is 0 Å². The quantitative estimate of drug-likeness (QED) is 0.844. The van der Waals surface area contributed by atoms with E-state index in [1.165, 1.54) is 5.56 Å².